The van der Waals surface area contributed by atoms with Gasteiger partial charge in [-0.1, -0.05) is 36.4 Å². The molecule has 0 bridgehead atoms. The van der Waals surface area contributed by atoms with E-state index < -0.39 is 68.5 Å². The zero-order chi connectivity index (χ0) is 51.1. The van der Waals surface area contributed by atoms with Crippen molar-refractivity contribution in [2.75, 3.05) is 31.7 Å². The summed E-state index contributed by atoms with van der Waals surface area (Å²) in [6, 6.07) is 19.2. The number of carbonyl (C=O) groups is 6. The summed E-state index contributed by atoms with van der Waals surface area (Å²) < 4.78 is 64.2. The zero-order valence-electron chi connectivity index (χ0n) is 38.0. The summed E-state index contributed by atoms with van der Waals surface area (Å²) in [5.41, 5.74) is 1.31. The number of nitrogens with zero attached hydrogens (tertiary/aromatic N) is 2. The van der Waals surface area contributed by atoms with Gasteiger partial charge >= 0.3 is 27.6 Å². The van der Waals surface area contributed by atoms with Crippen LogP contribution in [0.15, 0.2) is 72.8 Å². The maximum absolute atomic E-state index is 12.3. The number of phosphoric acid groups is 2. The molecule has 3 aromatic carbocycles. The van der Waals surface area contributed by atoms with E-state index in [1.54, 1.807) is 68.4 Å². The summed E-state index contributed by atoms with van der Waals surface area (Å²) in [5.74, 6) is -1.98. The molecule has 2 saturated heterocycles. The number of Topliss-reactive ketones (excluding diaryl/α,β-unsaturated/α-hetero) is 3. The molecule has 376 valence electrons. The van der Waals surface area contributed by atoms with Gasteiger partial charge in [-0.2, -0.15) is 0 Å². The predicted octanol–water partition coefficient (Wildman–Crippen LogP) is 7.62. The van der Waals surface area contributed by atoms with Gasteiger partial charge in [-0.15, -0.1) is 20.2 Å². The number of benzene rings is 3. The van der Waals surface area contributed by atoms with Crippen molar-refractivity contribution < 1.29 is 94.4 Å². The van der Waals surface area contributed by atoms with Crippen molar-refractivity contribution in [3.63, 3.8) is 0 Å². The lowest BCUT2D eigenvalue weighted by Gasteiger charge is -2.12. The molecule has 4 atom stereocenters. The minimum Gasteiger partial charge on any atom is -0.426 e. The molecule has 0 saturated carbocycles. The maximum Gasteiger partial charge on any atom is 0.475 e. The quantitative estimate of drug-likeness (QED) is 0.0181. The van der Waals surface area contributed by atoms with Crippen LogP contribution in [0.5, 0.6) is 11.5 Å². The highest BCUT2D eigenvalue weighted by atomic mass is 31.2. The molecule has 1 N–H and O–H groups in total. The Morgan fingerprint density at radius 3 is 1.43 bits per heavy atom. The molecule has 69 heavy (non-hydrogen) atoms. The number of para-hydroxylation sites is 3. The molecule has 3 aromatic rings. The second kappa shape index (κ2) is 28.3. The van der Waals surface area contributed by atoms with E-state index in [0.717, 1.165) is 6.92 Å². The Morgan fingerprint density at radius 2 is 1.03 bits per heavy atom. The molecule has 0 aromatic heterocycles. The van der Waals surface area contributed by atoms with Gasteiger partial charge in [0.25, 0.3) is 16.5 Å². The summed E-state index contributed by atoms with van der Waals surface area (Å²) in [6.07, 6.45) is -2.48. The molecule has 2 aliphatic rings. The highest BCUT2D eigenvalue weighted by Gasteiger charge is 2.39. The number of nitrogens with one attached hydrogen (secondary N) is 1. The molecular weight excluding hydrogens is 960 g/mol. The van der Waals surface area contributed by atoms with Crippen LogP contribution in [0.2, 0.25) is 0 Å². The first kappa shape index (κ1) is 57.0. The van der Waals surface area contributed by atoms with E-state index in [0.29, 0.717) is 29.7 Å². The van der Waals surface area contributed by atoms with Crippen LogP contribution >= 0.6 is 15.6 Å². The number of anilines is 1. The van der Waals surface area contributed by atoms with E-state index in [1.165, 1.54) is 32.0 Å². The van der Waals surface area contributed by atoms with Crippen molar-refractivity contribution in [3.05, 3.63) is 110 Å². The molecule has 2 fully saturated rings. The highest BCUT2D eigenvalue weighted by Crippen LogP contribution is 2.56. The van der Waals surface area contributed by atoms with Crippen molar-refractivity contribution in [2.24, 2.45) is 0 Å². The van der Waals surface area contributed by atoms with Crippen molar-refractivity contribution in [1.82, 2.24) is 0 Å². The minimum atomic E-state index is -3.47. The third kappa shape index (κ3) is 20.4. The number of hydrogen-bond donors (Lipinski definition) is 1. The standard InChI is InChI=1S/C15H20NO6P.C15H19O7P.C12H12N2O9/c1-3-20-23(19)21-10-12(22-23)8-9-15(18)13-6-4-5-7-14(13)16-11(2)17;1-3-19-23(18)20-10-12(22-23)8-9-14(17)13-6-4-5-7-15(13)21-11(2)16;1-8(15)21-11-5-3-2-4-9(11)10(16)6-7-12(22-13(17)18)23-14(19)20/h4-7,12H,3,8-10H2,1-2H3,(H,16,17);4-7,12H,3,8-10H2,1-2H3;2-5,12H,6-7H2,1H3. The molecule has 0 radical (unpaired) electrons. The van der Waals surface area contributed by atoms with Crippen molar-refractivity contribution in [2.45, 2.75) is 91.6 Å². The third-order valence-corrected chi connectivity index (χ3v) is 12.0. The lowest BCUT2D eigenvalue weighted by molar-refractivity contribution is -0.851. The number of ether oxygens (including phenoxy) is 2. The van der Waals surface area contributed by atoms with E-state index in [-0.39, 0.29) is 80.2 Å². The Labute approximate surface area is 394 Å². The Kier molecular flexibility index (Phi) is 23.3. The van der Waals surface area contributed by atoms with Crippen molar-refractivity contribution in [1.29, 1.82) is 0 Å². The van der Waals surface area contributed by atoms with Gasteiger partial charge in [0.05, 0.1) is 55.4 Å². The molecule has 27 heteroatoms. The van der Waals surface area contributed by atoms with E-state index in [1.807, 2.05) is 0 Å². The molecular formula is C42H51N3O22P2. The second-order valence-corrected chi connectivity index (χ2v) is 17.4. The van der Waals surface area contributed by atoms with Gasteiger partial charge in [0.2, 0.25) is 5.91 Å². The third-order valence-electron chi connectivity index (χ3n) is 8.79. The summed E-state index contributed by atoms with van der Waals surface area (Å²) >= 11 is 0. The number of ketones is 3. The van der Waals surface area contributed by atoms with Crippen LogP contribution in [0.25, 0.3) is 0 Å². The fourth-order valence-corrected chi connectivity index (χ4v) is 8.81. The first-order chi connectivity index (χ1) is 32.7. The van der Waals surface area contributed by atoms with E-state index in [4.69, 9.17) is 36.6 Å². The summed E-state index contributed by atoms with van der Waals surface area (Å²) in [5, 5.41) is 20.6. The average molecular weight is 1010 g/mol. The summed E-state index contributed by atoms with van der Waals surface area (Å²) in [4.78, 5) is 98.3. The SMILES string of the molecule is CC(=O)Oc1ccccc1C(=O)CCC(O[N+](=O)[O-])O[N+](=O)[O-].CCOP1(=O)OCC(CCC(=O)c2ccccc2NC(C)=O)O1.CCOP1(=O)OCC(CCC(=O)c2ccccc2OC(C)=O)O1. The topological polar surface area (TPSA) is 327 Å². The molecule has 2 aliphatic heterocycles. The van der Waals surface area contributed by atoms with E-state index in [2.05, 4.69) is 15.0 Å². The average Bonchev–Trinajstić information content (AvgIpc) is 3.85. The van der Waals surface area contributed by atoms with Crippen molar-refractivity contribution in [3.8, 4) is 11.5 Å². The zero-order valence-corrected chi connectivity index (χ0v) is 39.8. The molecule has 25 nitrogen and oxygen atoms in total. The van der Waals surface area contributed by atoms with Gasteiger partial charge < -0.3 is 14.8 Å². The second-order valence-electron chi connectivity index (χ2n) is 14.2. The number of rotatable bonds is 23. The first-order valence-electron chi connectivity index (χ1n) is 20.9. The highest BCUT2D eigenvalue weighted by molar-refractivity contribution is 7.49. The van der Waals surface area contributed by atoms with Gasteiger partial charge in [0.1, 0.15) is 11.5 Å². The van der Waals surface area contributed by atoms with Crippen LogP contribution in [0, 0.1) is 20.2 Å². The van der Waals surface area contributed by atoms with Gasteiger partial charge in [0.15, 0.2) is 17.3 Å². The first-order valence-corrected chi connectivity index (χ1v) is 23.9. The fraction of sp³-hybridized carbons (Fsp3) is 0.429. The van der Waals surface area contributed by atoms with Crippen LogP contribution in [0.3, 0.4) is 0 Å². The van der Waals surface area contributed by atoms with Crippen molar-refractivity contribution >= 4 is 56.5 Å². The number of esters is 2. The minimum absolute atomic E-state index is 0.0203. The summed E-state index contributed by atoms with van der Waals surface area (Å²) in [7, 11) is -6.92. The lowest BCUT2D eigenvalue weighted by atomic mass is 10.0. The predicted molar refractivity (Wildman–Crippen MR) is 237 cm³/mol. The van der Waals surface area contributed by atoms with Crippen LogP contribution < -0.4 is 14.8 Å². The molecule has 2 heterocycles. The molecule has 0 spiro atoms. The largest absolute Gasteiger partial charge is 0.475 e. The Bertz CT molecular complexity index is 2270. The van der Waals surface area contributed by atoms with E-state index >= 15 is 0 Å². The van der Waals surface area contributed by atoms with Crippen LogP contribution in [-0.2, 0) is 60.3 Å². The number of carbonyl (C=O) groups excluding carboxylic acids is 6. The molecule has 1 amide bonds. The van der Waals surface area contributed by atoms with Crippen LogP contribution in [-0.4, -0.2) is 90.3 Å². The Morgan fingerprint density at radius 1 is 0.638 bits per heavy atom. The number of hydrogen-bond acceptors (Lipinski definition) is 22. The van der Waals surface area contributed by atoms with Gasteiger partial charge in [-0.25, -0.2) is 9.13 Å². The summed E-state index contributed by atoms with van der Waals surface area (Å²) in [6.45, 7) is 7.91. The Hall–Kier alpha value is -6.30. The number of phosphoric ester groups is 2. The fourth-order valence-electron chi connectivity index (χ4n) is 6.02. The molecule has 4 unspecified atom stereocenters. The smallest absolute Gasteiger partial charge is 0.426 e. The Balaban J connectivity index is 0.000000274. The van der Waals surface area contributed by atoms with Gasteiger partial charge in [-0.3, -0.25) is 65.6 Å². The van der Waals surface area contributed by atoms with Crippen LogP contribution in [0.1, 0.15) is 104 Å². The maximum atomic E-state index is 12.3. The van der Waals surface area contributed by atoms with Gasteiger partial charge in [0, 0.05) is 52.0 Å². The normalized spacial score (nSPS) is 19.1. The molecule has 0 aliphatic carbocycles. The molecule has 5 rings (SSSR count). The monoisotopic (exact) mass is 1010 g/mol. The number of amides is 1. The van der Waals surface area contributed by atoms with Gasteiger partial charge in [-0.05, 0) is 63.1 Å². The van der Waals surface area contributed by atoms with Crippen LogP contribution in [0.4, 0.5) is 5.69 Å². The van der Waals surface area contributed by atoms with E-state index in [9.17, 15) is 58.1 Å². The lowest BCUT2D eigenvalue weighted by Crippen LogP contribution is -2.24.